The summed E-state index contributed by atoms with van der Waals surface area (Å²) in [5, 5.41) is 2.88. The average molecular weight is 401 g/mol. The molecular formula is C20H21BrN2O2. The van der Waals surface area contributed by atoms with E-state index in [0.717, 1.165) is 36.0 Å². The van der Waals surface area contributed by atoms with Gasteiger partial charge in [-0.3, -0.25) is 9.59 Å². The minimum Gasteiger partial charge on any atom is -0.339 e. The van der Waals surface area contributed by atoms with Crippen LogP contribution in [-0.4, -0.2) is 29.8 Å². The Morgan fingerprint density at radius 3 is 2.40 bits per heavy atom. The lowest BCUT2D eigenvalue weighted by atomic mass is 10.1. The van der Waals surface area contributed by atoms with Gasteiger partial charge in [-0.05, 0) is 61.2 Å². The van der Waals surface area contributed by atoms with Gasteiger partial charge >= 0.3 is 0 Å². The number of carbonyl (C=O) groups excluding carboxylic acids is 2. The van der Waals surface area contributed by atoms with Crippen LogP contribution in [-0.2, 0) is 11.2 Å². The van der Waals surface area contributed by atoms with Gasteiger partial charge in [0.2, 0.25) is 5.91 Å². The number of rotatable bonds is 4. The SMILES string of the molecule is O=C(Cc1cccc(Br)c1)Nc1ccc(C(=O)N2CCCCC2)cc1. The first-order valence-corrected chi connectivity index (χ1v) is 9.35. The first-order chi connectivity index (χ1) is 12.1. The van der Waals surface area contributed by atoms with Crippen LogP contribution in [0.4, 0.5) is 5.69 Å². The third-order valence-corrected chi connectivity index (χ3v) is 4.81. The molecular weight excluding hydrogens is 380 g/mol. The Balaban J connectivity index is 1.58. The van der Waals surface area contributed by atoms with Crippen LogP contribution in [0, 0.1) is 0 Å². The number of likely N-dealkylation sites (tertiary alicyclic amines) is 1. The van der Waals surface area contributed by atoms with Gasteiger partial charge in [-0.1, -0.05) is 28.1 Å². The second-order valence-electron chi connectivity index (χ2n) is 6.29. The molecule has 2 aromatic carbocycles. The number of hydrogen-bond donors (Lipinski definition) is 1. The molecule has 1 heterocycles. The Labute approximate surface area is 156 Å². The van der Waals surface area contributed by atoms with E-state index in [-0.39, 0.29) is 11.8 Å². The van der Waals surface area contributed by atoms with Crippen LogP contribution < -0.4 is 5.32 Å². The summed E-state index contributed by atoms with van der Waals surface area (Å²) in [7, 11) is 0. The number of piperidine rings is 1. The number of amides is 2. The highest BCUT2D eigenvalue weighted by molar-refractivity contribution is 9.10. The number of carbonyl (C=O) groups is 2. The minimum absolute atomic E-state index is 0.0757. The van der Waals surface area contributed by atoms with Crippen LogP contribution in [0.5, 0.6) is 0 Å². The smallest absolute Gasteiger partial charge is 0.253 e. The zero-order chi connectivity index (χ0) is 17.6. The van der Waals surface area contributed by atoms with Gasteiger partial charge in [-0.25, -0.2) is 0 Å². The van der Waals surface area contributed by atoms with Crippen molar-refractivity contribution in [3.8, 4) is 0 Å². The van der Waals surface area contributed by atoms with Crippen molar-refractivity contribution in [2.24, 2.45) is 0 Å². The molecule has 25 heavy (non-hydrogen) atoms. The summed E-state index contributed by atoms with van der Waals surface area (Å²) >= 11 is 3.41. The number of anilines is 1. The van der Waals surface area contributed by atoms with Crippen LogP contribution in [0.1, 0.15) is 35.2 Å². The molecule has 0 spiro atoms. The summed E-state index contributed by atoms with van der Waals surface area (Å²) in [6.45, 7) is 1.67. The molecule has 0 aromatic heterocycles. The molecule has 1 fully saturated rings. The van der Waals surface area contributed by atoms with E-state index in [4.69, 9.17) is 0 Å². The highest BCUT2D eigenvalue weighted by atomic mass is 79.9. The number of halogens is 1. The van der Waals surface area contributed by atoms with Crippen molar-refractivity contribution < 1.29 is 9.59 Å². The molecule has 0 saturated carbocycles. The molecule has 1 saturated heterocycles. The predicted octanol–water partition coefficient (Wildman–Crippen LogP) is 4.26. The molecule has 130 valence electrons. The fourth-order valence-electron chi connectivity index (χ4n) is 3.01. The molecule has 5 heteroatoms. The molecule has 0 atom stereocenters. The Hall–Kier alpha value is -2.14. The summed E-state index contributed by atoms with van der Waals surface area (Å²) in [5.74, 6) is -0.0000747. The normalized spacial score (nSPS) is 14.2. The van der Waals surface area contributed by atoms with Crippen molar-refractivity contribution >= 4 is 33.4 Å². The zero-order valence-electron chi connectivity index (χ0n) is 14.0. The van der Waals surface area contributed by atoms with E-state index in [9.17, 15) is 9.59 Å². The molecule has 2 aromatic rings. The average Bonchev–Trinajstić information content (AvgIpc) is 2.62. The lowest BCUT2D eigenvalue weighted by Crippen LogP contribution is -2.35. The molecule has 1 N–H and O–H groups in total. The van der Waals surface area contributed by atoms with Crippen LogP contribution in [0.15, 0.2) is 53.0 Å². The van der Waals surface area contributed by atoms with Gasteiger partial charge in [0, 0.05) is 28.8 Å². The van der Waals surface area contributed by atoms with Crippen LogP contribution in [0.2, 0.25) is 0 Å². The van der Waals surface area contributed by atoms with E-state index in [2.05, 4.69) is 21.2 Å². The quantitative estimate of drug-likeness (QED) is 0.833. The number of hydrogen-bond acceptors (Lipinski definition) is 2. The van der Waals surface area contributed by atoms with Gasteiger partial charge in [0.15, 0.2) is 0 Å². The summed E-state index contributed by atoms with van der Waals surface area (Å²) in [6.07, 6.45) is 3.67. The van der Waals surface area contributed by atoms with Crippen molar-refractivity contribution in [2.75, 3.05) is 18.4 Å². The molecule has 4 nitrogen and oxygen atoms in total. The third-order valence-electron chi connectivity index (χ3n) is 4.31. The fourth-order valence-corrected chi connectivity index (χ4v) is 3.46. The first-order valence-electron chi connectivity index (χ1n) is 8.55. The summed E-state index contributed by atoms with van der Waals surface area (Å²) in [5.41, 5.74) is 2.32. The number of nitrogens with one attached hydrogen (secondary N) is 1. The Morgan fingerprint density at radius 1 is 1.00 bits per heavy atom. The van der Waals surface area contributed by atoms with Crippen molar-refractivity contribution in [1.29, 1.82) is 0 Å². The van der Waals surface area contributed by atoms with Crippen LogP contribution in [0.3, 0.4) is 0 Å². The van der Waals surface area contributed by atoms with Gasteiger partial charge < -0.3 is 10.2 Å². The van der Waals surface area contributed by atoms with E-state index < -0.39 is 0 Å². The summed E-state index contributed by atoms with van der Waals surface area (Å²) in [4.78, 5) is 26.5. The van der Waals surface area contributed by atoms with Crippen molar-refractivity contribution in [3.63, 3.8) is 0 Å². The van der Waals surface area contributed by atoms with Gasteiger partial charge in [0.25, 0.3) is 5.91 Å². The monoisotopic (exact) mass is 400 g/mol. The Kier molecular flexibility index (Phi) is 5.87. The lowest BCUT2D eigenvalue weighted by molar-refractivity contribution is -0.115. The lowest BCUT2D eigenvalue weighted by Gasteiger charge is -2.26. The molecule has 1 aliphatic rings. The molecule has 2 amide bonds. The van der Waals surface area contributed by atoms with E-state index in [1.165, 1.54) is 6.42 Å². The number of nitrogens with zero attached hydrogens (tertiary/aromatic N) is 1. The molecule has 0 unspecified atom stereocenters. The largest absolute Gasteiger partial charge is 0.339 e. The highest BCUT2D eigenvalue weighted by Crippen LogP contribution is 2.16. The fraction of sp³-hybridized carbons (Fsp3) is 0.300. The summed E-state index contributed by atoms with van der Waals surface area (Å²) < 4.78 is 0.957. The van der Waals surface area contributed by atoms with E-state index in [1.807, 2.05) is 29.2 Å². The van der Waals surface area contributed by atoms with Crippen molar-refractivity contribution in [2.45, 2.75) is 25.7 Å². The third kappa shape index (κ3) is 4.92. The van der Waals surface area contributed by atoms with Gasteiger partial charge in [-0.2, -0.15) is 0 Å². The van der Waals surface area contributed by atoms with Crippen molar-refractivity contribution in [1.82, 2.24) is 4.90 Å². The van der Waals surface area contributed by atoms with Gasteiger partial charge in [-0.15, -0.1) is 0 Å². The van der Waals surface area contributed by atoms with Crippen LogP contribution in [0.25, 0.3) is 0 Å². The van der Waals surface area contributed by atoms with Crippen LogP contribution >= 0.6 is 15.9 Å². The topological polar surface area (TPSA) is 49.4 Å². The zero-order valence-corrected chi connectivity index (χ0v) is 15.6. The molecule has 0 radical (unpaired) electrons. The van der Waals surface area contributed by atoms with Gasteiger partial charge in [0.05, 0.1) is 6.42 Å². The Morgan fingerprint density at radius 2 is 1.72 bits per heavy atom. The van der Waals surface area contributed by atoms with E-state index in [0.29, 0.717) is 17.7 Å². The second-order valence-corrected chi connectivity index (χ2v) is 7.20. The molecule has 0 aliphatic carbocycles. The van der Waals surface area contributed by atoms with E-state index >= 15 is 0 Å². The highest BCUT2D eigenvalue weighted by Gasteiger charge is 2.18. The Bertz CT molecular complexity index is 753. The second kappa shape index (κ2) is 8.30. The maximum Gasteiger partial charge on any atom is 0.253 e. The molecule has 3 rings (SSSR count). The maximum atomic E-state index is 12.4. The molecule has 1 aliphatic heterocycles. The van der Waals surface area contributed by atoms with E-state index in [1.54, 1.807) is 24.3 Å². The standard InChI is InChI=1S/C20H21BrN2O2/c21-17-6-4-5-15(13-17)14-19(24)22-18-9-7-16(8-10-18)20(25)23-11-2-1-3-12-23/h4-10,13H,1-3,11-12,14H2,(H,22,24). The summed E-state index contributed by atoms with van der Waals surface area (Å²) in [6, 6.07) is 14.8. The van der Waals surface area contributed by atoms with Crippen molar-refractivity contribution in [3.05, 3.63) is 64.1 Å². The van der Waals surface area contributed by atoms with Gasteiger partial charge in [0.1, 0.15) is 0 Å². The maximum absolute atomic E-state index is 12.4. The molecule has 0 bridgehead atoms. The first kappa shape index (κ1) is 17.7. The predicted molar refractivity (Wildman–Crippen MR) is 103 cm³/mol. The number of benzene rings is 2. The minimum atomic E-state index is -0.0757.